The number of carbonyl (C=O) groups is 4. The highest BCUT2D eigenvalue weighted by Gasteiger charge is 2.21. The average molecular weight is 1070 g/mol. The van der Waals surface area contributed by atoms with Gasteiger partial charge in [-0.25, -0.2) is 35.4 Å². The van der Waals surface area contributed by atoms with Gasteiger partial charge < -0.3 is 20.7 Å². The lowest BCUT2D eigenvalue weighted by atomic mass is 9.74. The van der Waals surface area contributed by atoms with Gasteiger partial charge in [-0.3, -0.25) is 19.2 Å². The maximum Gasteiger partial charge on any atom is 0.488 e. The molecule has 6 rings (SSSR count). The summed E-state index contributed by atoms with van der Waals surface area (Å²) in [5.41, 5.74) is 6.96. The van der Waals surface area contributed by atoms with Gasteiger partial charge in [-0.1, -0.05) is 59.7 Å². The Balaban J connectivity index is 0.000000247. The number of benzene rings is 4. The van der Waals surface area contributed by atoms with E-state index in [-0.39, 0.29) is 58.4 Å². The number of halogens is 1. The monoisotopic (exact) mass is 1070 g/mol. The minimum absolute atomic E-state index is 0.0169. The molecule has 6 aromatic rings. The summed E-state index contributed by atoms with van der Waals surface area (Å²) in [7, 11) is -2.96. The fourth-order valence-electron chi connectivity index (χ4n) is 6.37. The van der Waals surface area contributed by atoms with Crippen molar-refractivity contribution in [2.45, 2.75) is 50.3 Å². The standard InChI is InChI=1S/C23H25N3O4S2.C15H16BrN3O4S2.C8H11BO2/c1-15-7-5-8-16(2)22(15)20-14-31-21(25-20)12-18(27)13-24-23(28)17-9-6-10-19(11-17)32(29,30)26(3)4;1-19(2)25(22,23)12-5-3-4-10(6-12)15(21)17-8-11(20)7-14-18-13(16)9-24-14;1-6-4-3-5-7(2)8(6)9(10)11/h5-11,14H,12-13H2,1-4H3,(H,24,28);3-6,9H,7-8H2,1-2H3,(H,17,21);3-5,10-11H,1-2H3. The molecule has 0 aliphatic rings. The summed E-state index contributed by atoms with van der Waals surface area (Å²) in [6.07, 6.45) is 0.247. The molecule has 2 amide bonds. The number of Topliss-reactive ketones (excluding diaryl/α,β-unsaturated/α-hetero) is 2. The Morgan fingerprint density at radius 2 is 1.01 bits per heavy atom. The van der Waals surface area contributed by atoms with Gasteiger partial charge in [-0.05, 0) is 96.6 Å². The molecule has 4 N–H and O–H groups in total. The number of ketones is 2. The van der Waals surface area contributed by atoms with Crippen LogP contribution in [0, 0.1) is 27.7 Å². The Morgan fingerprint density at radius 3 is 1.40 bits per heavy atom. The molecule has 0 atom stereocenters. The maximum absolute atomic E-state index is 12.4. The fraction of sp³-hybridized carbons (Fsp3) is 0.261. The van der Waals surface area contributed by atoms with Gasteiger partial charge in [0.05, 0.1) is 41.4 Å². The molecule has 0 unspecified atom stereocenters. The van der Waals surface area contributed by atoms with Crippen LogP contribution in [0.25, 0.3) is 11.3 Å². The van der Waals surface area contributed by atoms with Crippen LogP contribution in [0.15, 0.2) is 110 Å². The van der Waals surface area contributed by atoms with E-state index in [2.05, 4.69) is 36.5 Å². The molecule has 16 nitrogen and oxygen atoms in total. The van der Waals surface area contributed by atoms with E-state index in [1.165, 1.54) is 99.4 Å². The normalized spacial score (nSPS) is 11.2. The van der Waals surface area contributed by atoms with Crippen LogP contribution in [-0.2, 0) is 42.5 Å². The van der Waals surface area contributed by atoms with Gasteiger partial charge in [-0.15, -0.1) is 22.7 Å². The number of aromatic nitrogens is 2. The van der Waals surface area contributed by atoms with Crippen molar-refractivity contribution in [1.82, 2.24) is 29.2 Å². The molecule has 4 aromatic carbocycles. The van der Waals surface area contributed by atoms with Crippen molar-refractivity contribution in [3.8, 4) is 11.3 Å². The summed E-state index contributed by atoms with van der Waals surface area (Å²) in [5.74, 6) is -1.39. The van der Waals surface area contributed by atoms with Crippen LogP contribution in [-0.4, -0.2) is 117 Å². The summed E-state index contributed by atoms with van der Waals surface area (Å²) in [5, 5.41) is 28.0. The molecular formula is C46H52BBrN6O10S4. The fourth-order valence-corrected chi connectivity index (χ4v) is 10.4. The number of rotatable bonds is 16. The van der Waals surface area contributed by atoms with Crippen molar-refractivity contribution in [2.75, 3.05) is 41.3 Å². The van der Waals surface area contributed by atoms with Crippen molar-refractivity contribution < 1.29 is 46.1 Å². The molecule has 360 valence electrons. The van der Waals surface area contributed by atoms with Gasteiger partial charge in [0.15, 0.2) is 11.6 Å². The van der Waals surface area contributed by atoms with Gasteiger partial charge in [0, 0.05) is 55.6 Å². The number of nitrogens with one attached hydrogen (secondary N) is 2. The highest BCUT2D eigenvalue weighted by atomic mass is 79.9. The van der Waals surface area contributed by atoms with Crippen LogP contribution in [0.5, 0.6) is 0 Å². The van der Waals surface area contributed by atoms with Crippen molar-refractivity contribution in [1.29, 1.82) is 0 Å². The smallest absolute Gasteiger partial charge is 0.423 e. The third-order valence-electron chi connectivity index (χ3n) is 9.95. The number of aryl methyl sites for hydroxylation is 4. The highest BCUT2D eigenvalue weighted by molar-refractivity contribution is 9.10. The first-order valence-electron chi connectivity index (χ1n) is 20.6. The van der Waals surface area contributed by atoms with Crippen molar-refractivity contribution in [2.24, 2.45) is 0 Å². The van der Waals surface area contributed by atoms with Crippen LogP contribution in [0.1, 0.15) is 53.0 Å². The summed E-state index contributed by atoms with van der Waals surface area (Å²) < 4.78 is 51.5. The second-order valence-corrected chi connectivity index (χ2v) is 22.6. The molecular weight excluding hydrogens is 1020 g/mol. The molecule has 0 spiro atoms. The molecule has 0 bridgehead atoms. The molecule has 68 heavy (non-hydrogen) atoms. The zero-order valence-electron chi connectivity index (χ0n) is 38.6. The molecule has 0 radical (unpaired) electrons. The molecule has 22 heteroatoms. The van der Waals surface area contributed by atoms with E-state index in [9.17, 15) is 36.0 Å². The largest absolute Gasteiger partial charge is 0.488 e. The zero-order chi connectivity index (χ0) is 50.5. The number of carbonyl (C=O) groups excluding carboxylic acids is 4. The van der Waals surface area contributed by atoms with E-state index >= 15 is 0 Å². The first-order chi connectivity index (χ1) is 31.9. The van der Waals surface area contributed by atoms with Gasteiger partial charge in [0.25, 0.3) is 11.8 Å². The first kappa shape index (κ1) is 55.3. The Bertz CT molecular complexity index is 2950. The van der Waals surface area contributed by atoms with E-state index in [0.717, 1.165) is 42.1 Å². The Hall–Kier alpha value is -5.30. The molecule has 0 saturated heterocycles. The third-order valence-corrected chi connectivity index (χ3v) is 16.0. The number of hydrogen-bond donors (Lipinski definition) is 4. The second-order valence-electron chi connectivity index (χ2n) is 15.6. The van der Waals surface area contributed by atoms with Crippen LogP contribution in [0.4, 0.5) is 0 Å². The van der Waals surface area contributed by atoms with E-state index in [0.29, 0.717) is 20.1 Å². The third kappa shape index (κ3) is 15.4. The first-order valence-corrected chi connectivity index (χ1v) is 26.0. The number of thiazole rings is 2. The second kappa shape index (κ2) is 24.8. The quantitative estimate of drug-likeness (QED) is 0.0949. The predicted octanol–water partition coefficient (Wildman–Crippen LogP) is 4.90. The SMILES string of the molecule is CN(C)S(=O)(=O)c1cccc(C(=O)NCC(=O)Cc2nc(Br)cs2)c1.Cc1cccc(C)c1-c1csc(CC(=O)CNC(=O)c2cccc(S(=O)(=O)N(C)C)c2)n1.Cc1cccc(C)c1B(O)O. The van der Waals surface area contributed by atoms with Crippen LogP contribution < -0.4 is 16.1 Å². The topological polar surface area (TPSA) is 233 Å². The number of hydrogen-bond acceptors (Lipinski definition) is 14. The number of nitrogens with zero attached hydrogens (tertiary/aromatic N) is 4. The van der Waals surface area contributed by atoms with Gasteiger partial charge in [0.1, 0.15) is 14.6 Å². The Morgan fingerprint density at radius 1 is 0.618 bits per heavy atom. The lowest BCUT2D eigenvalue weighted by Gasteiger charge is -2.12. The van der Waals surface area contributed by atoms with Crippen molar-refractivity contribution in [3.05, 3.63) is 144 Å². The lowest BCUT2D eigenvalue weighted by molar-refractivity contribution is -0.118. The van der Waals surface area contributed by atoms with Gasteiger partial charge in [0.2, 0.25) is 20.0 Å². The van der Waals surface area contributed by atoms with E-state index in [4.69, 9.17) is 10.0 Å². The summed E-state index contributed by atoms with van der Waals surface area (Å²) >= 11 is 5.98. The van der Waals surface area contributed by atoms with Gasteiger partial charge in [-0.2, -0.15) is 0 Å². The molecule has 0 aliphatic heterocycles. The Kier molecular flexibility index (Phi) is 20.2. The minimum atomic E-state index is -3.65. The minimum Gasteiger partial charge on any atom is -0.423 e. The molecule has 0 saturated carbocycles. The van der Waals surface area contributed by atoms with Crippen molar-refractivity contribution in [3.63, 3.8) is 0 Å². The van der Waals surface area contributed by atoms with Crippen molar-refractivity contribution >= 4 is 94.6 Å². The van der Waals surface area contributed by atoms with Crippen LogP contribution in [0.3, 0.4) is 0 Å². The summed E-state index contributed by atoms with van der Waals surface area (Å²) in [6.45, 7) is 7.47. The Labute approximate surface area is 413 Å². The molecule has 0 aliphatic carbocycles. The summed E-state index contributed by atoms with van der Waals surface area (Å²) in [6, 6.07) is 23.1. The molecule has 2 heterocycles. The van der Waals surface area contributed by atoms with E-state index in [1.807, 2.05) is 69.5 Å². The summed E-state index contributed by atoms with van der Waals surface area (Å²) in [4.78, 5) is 57.6. The average Bonchev–Trinajstić information content (AvgIpc) is 3.92. The lowest BCUT2D eigenvalue weighted by Crippen LogP contribution is -2.34. The van der Waals surface area contributed by atoms with E-state index in [1.54, 1.807) is 5.38 Å². The number of sulfonamides is 2. The highest BCUT2D eigenvalue weighted by Crippen LogP contribution is 2.28. The predicted molar refractivity (Wildman–Crippen MR) is 269 cm³/mol. The molecule has 0 fully saturated rings. The zero-order valence-corrected chi connectivity index (χ0v) is 43.5. The van der Waals surface area contributed by atoms with Crippen LogP contribution in [0.2, 0.25) is 0 Å². The number of amides is 2. The molecule has 2 aromatic heterocycles. The maximum atomic E-state index is 12.4. The van der Waals surface area contributed by atoms with Crippen LogP contribution >= 0.6 is 38.6 Å². The van der Waals surface area contributed by atoms with E-state index < -0.39 is 39.0 Å². The van der Waals surface area contributed by atoms with Gasteiger partial charge >= 0.3 is 7.12 Å².